The van der Waals surface area contributed by atoms with Crippen LogP contribution in [0.3, 0.4) is 0 Å². The molecule has 0 aliphatic carbocycles. The maximum atomic E-state index is 11.3. The maximum Gasteiger partial charge on any atom is 0.232 e. The van der Waals surface area contributed by atoms with Crippen LogP contribution in [0.2, 0.25) is 0 Å². The Morgan fingerprint density at radius 1 is 1.25 bits per heavy atom. The Balaban J connectivity index is 2.57. The molecule has 0 heterocycles. The minimum Gasteiger partial charge on any atom is -0.376 e. The minimum absolute atomic E-state index is 0.0710. The Labute approximate surface area is 134 Å². The lowest BCUT2D eigenvalue weighted by Crippen LogP contribution is -2.30. The topological polar surface area (TPSA) is 43.4 Å². The van der Waals surface area contributed by atoms with Crippen LogP contribution in [0.5, 0.6) is 0 Å². The summed E-state index contributed by atoms with van der Waals surface area (Å²) in [6.45, 7) is 6.79. The number of hydrogen-bond acceptors (Lipinski definition) is 3. The molecular formula is C14H20BrClO3S. The molecule has 3 nitrogen and oxygen atoms in total. The van der Waals surface area contributed by atoms with E-state index in [9.17, 15) is 8.42 Å². The van der Waals surface area contributed by atoms with Gasteiger partial charge in [-0.3, -0.25) is 0 Å². The molecule has 0 bridgehead atoms. The molecule has 1 rings (SSSR count). The van der Waals surface area contributed by atoms with Crippen LogP contribution in [0.4, 0.5) is 0 Å². The zero-order valence-electron chi connectivity index (χ0n) is 11.9. The lowest BCUT2D eigenvalue weighted by molar-refractivity contribution is 0.0553. The molecule has 1 unspecified atom stereocenters. The van der Waals surface area contributed by atoms with E-state index >= 15 is 0 Å². The Kier molecular flexibility index (Phi) is 6.51. The van der Waals surface area contributed by atoms with Gasteiger partial charge in [0, 0.05) is 21.1 Å². The molecule has 0 saturated heterocycles. The second-order valence-corrected chi connectivity index (χ2v) is 9.65. The molecule has 20 heavy (non-hydrogen) atoms. The molecule has 114 valence electrons. The first-order chi connectivity index (χ1) is 9.08. The van der Waals surface area contributed by atoms with Crippen molar-refractivity contribution in [2.45, 2.75) is 27.4 Å². The quantitative estimate of drug-likeness (QED) is 0.692. The number of hydrogen-bond donors (Lipinski definition) is 0. The molecule has 1 atom stereocenters. The van der Waals surface area contributed by atoms with Gasteiger partial charge < -0.3 is 4.74 Å². The molecule has 6 heteroatoms. The Morgan fingerprint density at radius 3 is 2.25 bits per heavy atom. The Bertz CT molecular complexity index is 520. The number of rotatable bonds is 6. The van der Waals surface area contributed by atoms with Gasteiger partial charge in [0.1, 0.15) is 0 Å². The van der Waals surface area contributed by atoms with E-state index in [0.29, 0.717) is 13.2 Å². The van der Waals surface area contributed by atoms with Crippen molar-refractivity contribution < 1.29 is 13.2 Å². The van der Waals surface area contributed by atoms with Crippen LogP contribution < -0.4 is 0 Å². The van der Waals surface area contributed by atoms with E-state index < -0.39 is 9.05 Å². The van der Waals surface area contributed by atoms with E-state index in [-0.39, 0.29) is 17.1 Å². The molecule has 0 amide bonds. The highest BCUT2D eigenvalue weighted by atomic mass is 79.9. The molecule has 1 aromatic rings. The van der Waals surface area contributed by atoms with Crippen molar-refractivity contribution in [3.8, 4) is 0 Å². The monoisotopic (exact) mass is 382 g/mol. The predicted molar refractivity (Wildman–Crippen MR) is 86.4 cm³/mol. The first kappa shape index (κ1) is 18.0. The molecule has 1 aromatic carbocycles. The van der Waals surface area contributed by atoms with Gasteiger partial charge >= 0.3 is 0 Å². The van der Waals surface area contributed by atoms with Crippen LogP contribution in [-0.4, -0.2) is 20.8 Å². The van der Waals surface area contributed by atoms with Crippen LogP contribution in [0.25, 0.3) is 0 Å². The highest BCUT2D eigenvalue weighted by Crippen LogP contribution is 2.28. The van der Waals surface area contributed by atoms with Gasteiger partial charge in [-0.25, -0.2) is 8.42 Å². The minimum atomic E-state index is -3.52. The summed E-state index contributed by atoms with van der Waals surface area (Å²) >= 11 is 3.37. The number of ether oxygens (including phenoxy) is 1. The molecule has 0 aliphatic heterocycles. The molecule has 0 N–H and O–H groups in total. The van der Waals surface area contributed by atoms with Gasteiger partial charge in [0.2, 0.25) is 9.05 Å². The molecule has 0 aliphatic rings. The van der Waals surface area contributed by atoms with Gasteiger partial charge in [-0.05, 0) is 23.1 Å². The fourth-order valence-corrected chi connectivity index (χ4v) is 3.49. The average molecular weight is 384 g/mol. The van der Waals surface area contributed by atoms with E-state index in [1.807, 2.05) is 45.0 Å². The number of halogens is 2. The third kappa shape index (κ3) is 7.07. The zero-order chi connectivity index (χ0) is 15.4. The first-order valence-electron chi connectivity index (χ1n) is 6.32. The van der Waals surface area contributed by atoms with Crippen molar-refractivity contribution in [2.24, 2.45) is 11.3 Å². The summed E-state index contributed by atoms with van der Waals surface area (Å²) in [4.78, 5) is 0. The van der Waals surface area contributed by atoms with E-state index in [4.69, 9.17) is 15.4 Å². The summed E-state index contributed by atoms with van der Waals surface area (Å²) in [6.07, 6.45) is 0. The molecule has 0 aromatic heterocycles. The highest BCUT2D eigenvalue weighted by Gasteiger charge is 2.29. The van der Waals surface area contributed by atoms with Gasteiger partial charge in [0.05, 0.1) is 19.0 Å². The summed E-state index contributed by atoms with van der Waals surface area (Å²) in [5.41, 5.74) is 0.872. The van der Waals surface area contributed by atoms with Crippen molar-refractivity contribution in [3.05, 3.63) is 34.3 Å². The maximum absolute atomic E-state index is 11.3. The van der Waals surface area contributed by atoms with Crippen LogP contribution in [0.15, 0.2) is 28.7 Å². The first-order valence-corrected chi connectivity index (χ1v) is 9.59. The van der Waals surface area contributed by atoms with Gasteiger partial charge in [-0.2, -0.15) is 0 Å². The lowest BCUT2D eigenvalue weighted by atomic mass is 9.82. The second kappa shape index (κ2) is 7.25. The summed E-state index contributed by atoms with van der Waals surface area (Å²) in [5.74, 6) is -0.210. The predicted octanol–water partition coefficient (Wildman–Crippen LogP) is 4.20. The fourth-order valence-electron chi connectivity index (χ4n) is 1.69. The van der Waals surface area contributed by atoms with Gasteiger partial charge in [0.15, 0.2) is 0 Å². The molecule has 0 saturated carbocycles. The summed E-state index contributed by atoms with van der Waals surface area (Å²) in [5, 5.41) is 0. The van der Waals surface area contributed by atoms with Crippen molar-refractivity contribution in [1.29, 1.82) is 0 Å². The highest BCUT2D eigenvalue weighted by molar-refractivity contribution is 9.10. The van der Waals surface area contributed by atoms with Crippen LogP contribution in [-0.2, 0) is 20.4 Å². The normalized spacial score (nSPS) is 14.2. The van der Waals surface area contributed by atoms with Crippen molar-refractivity contribution in [2.75, 3.05) is 12.4 Å². The van der Waals surface area contributed by atoms with Crippen LogP contribution >= 0.6 is 26.6 Å². The van der Waals surface area contributed by atoms with E-state index in [0.717, 1.165) is 10.0 Å². The van der Waals surface area contributed by atoms with Crippen molar-refractivity contribution in [1.82, 2.24) is 0 Å². The van der Waals surface area contributed by atoms with E-state index in [1.165, 1.54) is 0 Å². The number of benzene rings is 1. The lowest BCUT2D eigenvalue weighted by Gasteiger charge is -2.29. The Morgan fingerprint density at radius 2 is 1.80 bits per heavy atom. The van der Waals surface area contributed by atoms with Crippen LogP contribution in [0, 0.1) is 11.3 Å². The summed E-state index contributed by atoms with van der Waals surface area (Å²) in [7, 11) is 1.84. The SMILES string of the molecule is CC(C)(C)C(COCc1ccc(Br)cc1)CS(=O)(=O)Cl. The third-order valence-electron chi connectivity index (χ3n) is 3.13. The zero-order valence-corrected chi connectivity index (χ0v) is 15.1. The van der Waals surface area contributed by atoms with Crippen LogP contribution in [0.1, 0.15) is 26.3 Å². The van der Waals surface area contributed by atoms with Gasteiger partial charge in [0.25, 0.3) is 0 Å². The average Bonchev–Trinajstić information content (AvgIpc) is 2.27. The fraction of sp³-hybridized carbons (Fsp3) is 0.571. The third-order valence-corrected chi connectivity index (χ3v) is 4.83. The summed E-state index contributed by atoms with van der Waals surface area (Å²) in [6, 6.07) is 7.83. The van der Waals surface area contributed by atoms with E-state index in [2.05, 4.69) is 15.9 Å². The smallest absolute Gasteiger partial charge is 0.232 e. The van der Waals surface area contributed by atoms with E-state index in [1.54, 1.807) is 0 Å². The summed E-state index contributed by atoms with van der Waals surface area (Å²) < 4.78 is 29.2. The Hall–Kier alpha value is -0.100. The molecular weight excluding hydrogens is 364 g/mol. The second-order valence-electron chi connectivity index (χ2n) is 5.91. The largest absolute Gasteiger partial charge is 0.376 e. The van der Waals surface area contributed by atoms with Crippen molar-refractivity contribution >= 4 is 35.7 Å². The molecule has 0 fully saturated rings. The molecule has 0 spiro atoms. The van der Waals surface area contributed by atoms with Crippen molar-refractivity contribution in [3.63, 3.8) is 0 Å². The molecule has 0 radical (unpaired) electrons. The van der Waals surface area contributed by atoms with Gasteiger partial charge in [-0.1, -0.05) is 48.8 Å². The van der Waals surface area contributed by atoms with Gasteiger partial charge in [-0.15, -0.1) is 0 Å². The standard InChI is InChI=1S/C14H20BrClO3S/c1-14(2,3)12(10-20(16,17)18)9-19-8-11-4-6-13(15)7-5-11/h4-7,12H,8-10H2,1-3H3.